The van der Waals surface area contributed by atoms with Crippen LogP contribution in [-0.4, -0.2) is 43.2 Å². The molecule has 8 heteroatoms. The second-order valence-corrected chi connectivity index (χ2v) is 8.11. The van der Waals surface area contributed by atoms with Crippen LogP contribution in [0, 0.1) is 0 Å². The molecule has 0 fully saturated rings. The number of anilines is 1. The van der Waals surface area contributed by atoms with Crippen LogP contribution in [0.5, 0.6) is 17.2 Å². The van der Waals surface area contributed by atoms with Gasteiger partial charge in [0.15, 0.2) is 11.7 Å². The van der Waals surface area contributed by atoms with Gasteiger partial charge in [-0.3, -0.25) is 15.0 Å². The molecule has 0 radical (unpaired) electrons. The summed E-state index contributed by atoms with van der Waals surface area (Å²) >= 11 is 1.43. The van der Waals surface area contributed by atoms with E-state index in [9.17, 15) is 4.79 Å². The summed E-state index contributed by atoms with van der Waals surface area (Å²) in [6, 6.07) is 13.4. The van der Waals surface area contributed by atoms with Crippen LogP contribution >= 0.6 is 11.3 Å². The van der Waals surface area contributed by atoms with Crippen molar-refractivity contribution in [1.29, 1.82) is 0 Å². The van der Waals surface area contributed by atoms with E-state index in [1.807, 2.05) is 11.4 Å². The highest BCUT2D eigenvalue weighted by molar-refractivity contribution is 7.13. The van der Waals surface area contributed by atoms with E-state index in [0.29, 0.717) is 10.9 Å². The molecule has 162 valence electrons. The van der Waals surface area contributed by atoms with Crippen LogP contribution < -0.4 is 19.5 Å². The molecule has 1 aliphatic heterocycles. The van der Waals surface area contributed by atoms with Crippen LogP contribution in [0.2, 0.25) is 0 Å². The number of carbonyl (C=O) groups excluding carboxylic acids is 1. The summed E-state index contributed by atoms with van der Waals surface area (Å²) in [5, 5.41) is 5.38. The molecule has 1 amide bonds. The number of hydrogen-bond acceptors (Lipinski definition) is 7. The normalized spacial score (nSPS) is 13.4. The second-order valence-electron chi connectivity index (χ2n) is 7.25. The smallest absolute Gasteiger partial charge is 0.264 e. The number of aromatic nitrogens is 1. The molecular weight excluding hydrogens is 414 g/mol. The average Bonchev–Trinajstić information content (AvgIpc) is 3.24. The number of rotatable bonds is 8. The van der Waals surface area contributed by atoms with Crippen LogP contribution in [-0.2, 0) is 24.3 Å². The highest BCUT2D eigenvalue weighted by Gasteiger charge is 2.18. The fourth-order valence-corrected chi connectivity index (χ4v) is 4.21. The number of ether oxygens (including phenoxy) is 3. The first-order valence-corrected chi connectivity index (χ1v) is 10.9. The zero-order chi connectivity index (χ0) is 21.6. The zero-order valence-electron chi connectivity index (χ0n) is 17.6. The lowest BCUT2D eigenvalue weighted by Gasteiger charge is -2.28. The third kappa shape index (κ3) is 5.53. The molecule has 4 rings (SSSR count). The number of amides is 1. The Morgan fingerprint density at radius 3 is 2.58 bits per heavy atom. The van der Waals surface area contributed by atoms with Crippen LogP contribution in [0.15, 0.2) is 47.8 Å². The number of methoxy groups -OCH3 is 2. The molecule has 0 unspecified atom stereocenters. The van der Waals surface area contributed by atoms with E-state index >= 15 is 0 Å². The van der Waals surface area contributed by atoms with E-state index in [4.69, 9.17) is 14.2 Å². The van der Waals surface area contributed by atoms with Crippen molar-refractivity contribution >= 4 is 22.4 Å². The minimum atomic E-state index is -0.238. The molecule has 0 saturated carbocycles. The summed E-state index contributed by atoms with van der Waals surface area (Å²) in [4.78, 5) is 19.1. The van der Waals surface area contributed by atoms with Gasteiger partial charge in [0, 0.05) is 25.0 Å². The molecule has 2 aromatic carbocycles. The maximum absolute atomic E-state index is 12.2. The summed E-state index contributed by atoms with van der Waals surface area (Å²) < 4.78 is 15.9. The van der Waals surface area contributed by atoms with Crippen molar-refractivity contribution in [2.75, 3.05) is 32.7 Å². The van der Waals surface area contributed by atoms with Gasteiger partial charge in [-0.2, -0.15) is 0 Å². The van der Waals surface area contributed by atoms with Crippen molar-refractivity contribution in [2.24, 2.45) is 0 Å². The number of thiazole rings is 1. The Labute approximate surface area is 185 Å². The molecule has 0 bridgehead atoms. The number of nitrogens with one attached hydrogen (secondary N) is 1. The van der Waals surface area contributed by atoms with Crippen molar-refractivity contribution in [2.45, 2.75) is 19.5 Å². The monoisotopic (exact) mass is 439 g/mol. The standard InChI is InChI=1S/C23H25N3O4S/c1-28-19-5-7-20(8-6-19)30-14-22(27)25-23-24-18(15-31-23)13-26-10-9-16-11-21(29-2)4-3-17(16)12-26/h3-8,11,15H,9-10,12-14H2,1-2H3,(H,24,25,27). The SMILES string of the molecule is COc1ccc(OCC(=O)Nc2nc(CN3CCc4cc(OC)ccc4C3)cs2)cc1. The Balaban J connectivity index is 1.26. The lowest BCUT2D eigenvalue weighted by Crippen LogP contribution is -2.30. The molecule has 0 aliphatic carbocycles. The van der Waals surface area contributed by atoms with E-state index in [1.165, 1.54) is 22.5 Å². The van der Waals surface area contributed by atoms with Gasteiger partial charge in [0.05, 0.1) is 19.9 Å². The largest absolute Gasteiger partial charge is 0.497 e. The first-order valence-electron chi connectivity index (χ1n) is 10.0. The molecule has 7 nitrogen and oxygen atoms in total. The van der Waals surface area contributed by atoms with Gasteiger partial charge in [0.2, 0.25) is 0 Å². The van der Waals surface area contributed by atoms with E-state index < -0.39 is 0 Å². The Kier molecular flexibility index (Phi) is 6.69. The van der Waals surface area contributed by atoms with Gasteiger partial charge in [0.1, 0.15) is 17.2 Å². The first-order chi connectivity index (χ1) is 15.1. The molecule has 2 heterocycles. The lowest BCUT2D eigenvalue weighted by molar-refractivity contribution is -0.118. The number of hydrogen-bond donors (Lipinski definition) is 1. The summed E-state index contributed by atoms with van der Waals surface area (Å²) in [7, 11) is 3.30. The molecule has 0 spiro atoms. The molecule has 1 aliphatic rings. The summed E-state index contributed by atoms with van der Waals surface area (Å²) in [6.07, 6.45) is 0.989. The summed E-state index contributed by atoms with van der Waals surface area (Å²) in [5.41, 5.74) is 3.62. The quantitative estimate of drug-likeness (QED) is 0.577. The molecule has 0 atom stereocenters. The van der Waals surface area contributed by atoms with Gasteiger partial charge < -0.3 is 14.2 Å². The van der Waals surface area contributed by atoms with E-state index in [1.54, 1.807) is 38.5 Å². The maximum atomic E-state index is 12.2. The molecule has 1 aromatic heterocycles. The molecular formula is C23H25N3O4S. The molecule has 1 N–H and O–H groups in total. The van der Waals surface area contributed by atoms with Gasteiger partial charge in [-0.05, 0) is 53.9 Å². The third-order valence-corrected chi connectivity index (χ3v) is 5.92. The molecule has 31 heavy (non-hydrogen) atoms. The Hall–Kier alpha value is -3.10. The highest BCUT2D eigenvalue weighted by atomic mass is 32.1. The number of fused-ring (bicyclic) bond motifs is 1. The summed E-state index contributed by atoms with van der Waals surface area (Å²) in [6.45, 7) is 2.52. The predicted octanol–water partition coefficient (Wildman–Crippen LogP) is 3.74. The van der Waals surface area contributed by atoms with Crippen molar-refractivity contribution in [3.05, 3.63) is 64.7 Å². The first kappa shape index (κ1) is 21.1. The lowest BCUT2D eigenvalue weighted by atomic mass is 9.99. The topological polar surface area (TPSA) is 72.9 Å². The molecule has 0 saturated heterocycles. The number of nitrogens with zero attached hydrogens (tertiary/aromatic N) is 2. The van der Waals surface area contributed by atoms with E-state index in [0.717, 1.165) is 43.2 Å². The highest BCUT2D eigenvalue weighted by Crippen LogP contribution is 2.25. The van der Waals surface area contributed by atoms with Crippen molar-refractivity contribution in [1.82, 2.24) is 9.88 Å². The van der Waals surface area contributed by atoms with Crippen molar-refractivity contribution < 1.29 is 19.0 Å². The van der Waals surface area contributed by atoms with Gasteiger partial charge >= 0.3 is 0 Å². The fraction of sp³-hybridized carbons (Fsp3) is 0.304. The Morgan fingerprint density at radius 1 is 1.06 bits per heavy atom. The van der Waals surface area contributed by atoms with Crippen LogP contribution in [0.4, 0.5) is 5.13 Å². The van der Waals surface area contributed by atoms with Crippen LogP contribution in [0.25, 0.3) is 0 Å². The number of benzene rings is 2. The number of carbonyl (C=O) groups is 1. The van der Waals surface area contributed by atoms with E-state index in [-0.39, 0.29) is 12.5 Å². The minimum Gasteiger partial charge on any atom is -0.497 e. The van der Waals surface area contributed by atoms with Crippen LogP contribution in [0.1, 0.15) is 16.8 Å². The van der Waals surface area contributed by atoms with Gasteiger partial charge in [-0.15, -0.1) is 11.3 Å². The molecule has 3 aromatic rings. The van der Waals surface area contributed by atoms with Gasteiger partial charge in [0.25, 0.3) is 5.91 Å². The average molecular weight is 440 g/mol. The second kappa shape index (κ2) is 9.80. The van der Waals surface area contributed by atoms with Crippen molar-refractivity contribution in [3.63, 3.8) is 0 Å². The maximum Gasteiger partial charge on any atom is 0.264 e. The van der Waals surface area contributed by atoms with Gasteiger partial charge in [-0.25, -0.2) is 4.98 Å². The predicted molar refractivity (Wildman–Crippen MR) is 120 cm³/mol. The zero-order valence-corrected chi connectivity index (χ0v) is 18.4. The third-order valence-electron chi connectivity index (χ3n) is 5.12. The summed E-state index contributed by atoms with van der Waals surface area (Å²) in [5.74, 6) is 2.02. The van der Waals surface area contributed by atoms with E-state index in [2.05, 4.69) is 27.3 Å². The fourth-order valence-electron chi connectivity index (χ4n) is 3.49. The van der Waals surface area contributed by atoms with Crippen molar-refractivity contribution in [3.8, 4) is 17.2 Å². The van der Waals surface area contributed by atoms with Gasteiger partial charge in [-0.1, -0.05) is 6.07 Å². The Morgan fingerprint density at radius 2 is 1.81 bits per heavy atom. The van der Waals surface area contributed by atoms with Crippen LogP contribution in [0.3, 0.4) is 0 Å². The Bertz CT molecular complexity index is 1040. The minimum absolute atomic E-state index is 0.0758.